The van der Waals surface area contributed by atoms with Gasteiger partial charge in [0.25, 0.3) is 0 Å². The van der Waals surface area contributed by atoms with E-state index in [2.05, 4.69) is 15.7 Å². The third-order valence-electron chi connectivity index (χ3n) is 3.02. The number of nitrogens with zero attached hydrogens (tertiary/aromatic N) is 1. The van der Waals surface area contributed by atoms with Gasteiger partial charge in [-0.2, -0.15) is 0 Å². The van der Waals surface area contributed by atoms with E-state index in [1.54, 1.807) is 0 Å². The minimum atomic E-state index is -0.136. The first-order chi connectivity index (χ1) is 9.69. The number of hydrazine groups is 1. The highest BCUT2D eigenvalue weighted by Crippen LogP contribution is 2.36. The Kier molecular flexibility index (Phi) is 3.96. The van der Waals surface area contributed by atoms with Gasteiger partial charge in [0.15, 0.2) is 0 Å². The van der Waals surface area contributed by atoms with Crippen molar-refractivity contribution >= 4 is 45.3 Å². The summed E-state index contributed by atoms with van der Waals surface area (Å²) in [6.07, 6.45) is -0.136. The molecule has 0 radical (unpaired) electrons. The minimum absolute atomic E-state index is 0.136. The summed E-state index contributed by atoms with van der Waals surface area (Å²) in [5.41, 5.74) is 5.37. The summed E-state index contributed by atoms with van der Waals surface area (Å²) in [7, 11) is 0. The number of nitrogens with two attached hydrogens (primary N) is 1. The molecule has 0 amide bonds. The Labute approximate surface area is 130 Å². The fourth-order valence-electron chi connectivity index (χ4n) is 2.09. The third-order valence-corrected chi connectivity index (χ3v) is 4.55. The number of nitrogens with one attached hydrogen (secondary N) is 2. The van der Waals surface area contributed by atoms with Crippen molar-refractivity contribution in [2.45, 2.75) is 6.17 Å². The first-order valence-corrected chi connectivity index (χ1v) is 7.58. The van der Waals surface area contributed by atoms with Crippen molar-refractivity contribution in [3.63, 3.8) is 0 Å². The van der Waals surface area contributed by atoms with Gasteiger partial charge in [-0.1, -0.05) is 41.4 Å². The van der Waals surface area contributed by atoms with Crippen molar-refractivity contribution in [2.75, 3.05) is 11.9 Å². The van der Waals surface area contributed by atoms with Crippen molar-refractivity contribution in [1.82, 2.24) is 5.43 Å². The molecule has 2 aromatic rings. The van der Waals surface area contributed by atoms with Crippen LogP contribution >= 0.6 is 34.5 Å². The normalized spacial score (nSPS) is 17.9. The van der Waals surface area contributed by atoms with Gasteiger partial charge < -0.3 is 5.32 Å². The summed E-state index contributed by atoms with van der Waals surface area (Å²) in [6, 6.07) is 9.54. The number of aliphatic imine (C=N–C) groups is 1. The third kappa shape index (κ3) is 2.55. The standard InChI is InChI=1S/C13H12Cl2N4S/c14-9-4-2-1-3-7(9)12-8-5-10(15)20-13(8)18-11(19-16)6-17-12/h1-5,11,18-19H,6,16H2. The highest BCUT2D eigenvalue weighted by atomic mass is 35.5. The van der Waals surface area contributed by atoms with E-state index in [-0.39, 0.29) is 6.17 Å². The van der Waals surface area contributed by atoms with E-state index in [9.17, 15) is 0 Å². The summed E-state index contributed by atoms with van der Waals surface area (Å²) in [6.45, 7) is 0.510. The maximum absolute atomic E-state index is 6.28. The predicted molar refractivity (Wildman–Crippen MR) is 86.0 cm³/mol. The number of hydrogen-bond donors (Lipinski definition) is 3. The van der Waals surface area contributed by atoms with E-state index in [1.165, 1.54) is 11.3 Å². The van der Waals surface area contributed by atoms with Gasteiger partial charge >= 0.3 is 0 Å². The minimum Gasteiger partial charge on any atom is -0.358 e. The molecule has 0 fully saturated rings. The number of anilines is 1. The molecule has 3 rings (SSSR count). The molecule has 0 aliphatic carbocycles. The Morgan fingerprint density at radius 1 is 1.30 bits per heavy atom. The summed E-state index contributed by atoms with van der Waals surface area (Å²) in [5.74, 6) is 5.51. The van der Waals surface area contributed by atoms with Crippen molar-refractivity contribution in [3.8, 4) is 0 Å². The Bertz CT molecular complexity index is 668. The van der Waals surface area contributed by atoms with Gasteiger partial charge in [0.1, 0.15) is 11.2 Å². The van der Waals surface area contributed by atoms with Crippen LogP contribution in [-0.2, 0) is 0 Å². The first kappa shape index (κ1) is 13.9. The maximum Gasteiger partial charge on any atom is 0.110 e. The van der Waals surface area contributed by atoms with Gasteiger partial charge in [-0.05, 0) is 12.1 Å². The SMILES string of the molecule is NNC1CN=C(c2ccccc2Cl)c2cc(Cl)sc2N1. The lowest BCUT2D eigenvalue weighted by atomic mass is 10.0. The van der Waals surface area contributed by atoms with Crippen LogP contribution in [0, 0.1) is 0 Å². The van der Waals surface area contributed by atoms with Crippen LogP contribution in [0.25, 0.3) is 0 Å². The van der Waals surface area contributed by atoms with E-state index < -0.39 is 0 Å². The van der Waals surface area contributed by atoms with E-state index >= 15 is 0 Å². The molecule has 1 unspecified atom stereocenters. The molecule has 20 heavy (non-hydrogen) atoms. The summed E-state index contributed by atoms with van der Waals surface area (Å²) >= 11 is 13.9. The van der Waals surface area contributed by atoms with Crippen molar-refractivity contribution in [1.29, 1.82) is 0 Å². The second-order valence-electron chi connectivity index (χ2n) is 4.33. The topological polar surface area (TPSA) is 62.4 Å². The molecular formula is C13H12Cl2N4S. The lowest BCUT2D eigenvalue weighted by Gasteiger charge is -2.13. The summed E-state index contributed by atoms with van der Waals surface area (Å²) in [4.78, 5) is 4.64. The Morgan fingerprint density at radius 3 is 2.85 bits per heavy atom. The second kappa shape index (κ2) is 5.71. The highest BCUT2D eigenvalue weighted by Gasteiger charge is 2.22. The van der Waals surface area contributed by atoms with Crippen molar-refractivity contribution < 1.29 is 0 Å². The van der Waals surface area contributed by atoms with E-state index in [0.717, 1.165) is 21.8 Å². The second-order valence-corrected chi connectivity index (χ2v) is 6.42. The molecular weight excluding hydrogens is 315 g/mol. The average Bonchev–Trinajstić information content (AvgIpc) is 2.71. The lowest BCUT2D eigenvalue weighted by molar-refractivity contribution is 0.597. The van der Waals surface area contributed by atoms with E-state index in [4.69, 9.17) is 29.0 Å². The molecule has 0 saturated heterocycles. The quantitative estimate of drug-likeness (QED) is 0.587. The first-order valence-electron chi connectivity index (χ1n) is 6.01. The predicted octanol–water partition coefficient (Wildman–Crippen LogP) is 3.11. The smallest absolute Gasteiger partial charge is 0.110 e. The zero-order valence-corrected chi connectivity index (χ0v) is 12.7. The van der Waals surface area contributed by atoms with Crippen molar-refractivity contribution in [3.05, 3.63) is 50.8 Å². The Hall–Kier alpha value is -1.11. The molecule has 7 heteroatoms. The monoisotopic (exact) mass is 326 g/mol. The fourth-order valence-corrected chi connectivity index (χ4v) is 3.50. The molecule has 0 saturated carbocycles. The average molecular weight is 327 g/mol. The van der Waals surface area contributed by atoms with Crippen LogP contribution < -0.4 is 16.6 Å². The Morgan fingerprint density at radius 2 is 2.10 bits per heavy atom. The molecule has 104 valence electrons. The van der Waals surface area contributed by atoms with Gasteiger partial charge in [-0.25, -0.2) is 5.43 Å². The molecule has 1 aliphatic rings. The lowest BCUT2D eigenvalue weighted by Crippen LogP contribution is -2.42. The molecule has 1 aromatic heterocycles. The van der Waals surface area contributed by atoms with Gasteiger partial charge in [0, 0.05) is 16.1 Å². The van der Waals surface area contributed by atoms with Crippen LogP contribution in [-0.4, -0.2) is 18.4 Å². The summed E-state index contributed by atoms with van der Waals surface area (Å²) < 4.78 is 0.694. The number of fused-ring (bicyclic) bond motifs is 1. The van der Waals surface area contributed by atoms with Crippen LogP contribution in [0.4, 0.5) is 5.00 Å². The van der Waals surface area contributed by atoms with Crippen LogP contribution in [0.2, 0.25) is 9.36 Å². The van der Waals surface area contributed by atoms with Crippen LogP contribution in [0.3, 0.4) is 0 Å². The molecule has 1 atom stereocenters. The molecule has 0 bridgehead atoms. The van der Waals surface area contributed by atoms with Crippen LogP contribution in [0.5, 0.6) is 0 Å². The van der Waals surface area contributed by atoms with E-state index in [1.807, 2.05) is 30.3 Å². The van der Waals surface area contributed by atoms with Gasteiger partial charge in [0.2, 0.25) is 0 Å². The van der Waals surface area contributed by atoms with Crippen LogP contribution in [0.15, 0.2) is 35.3 Å². The van der Waals surface area contributed by atoms with Crippen LogP contribution in [0.1, 0.15) is 11.1 Å². The molecule has 1 aromatic carbocycles. The van der Waals surface area contributed by atoms with E-state index in [0.29, 0.717) is 15.9 Å². The van der Waals surface area contributed by atoms with Gasteiger partial charge in [-0.3, -0.25) is 10.8 Å². The van der Waals surface area contributed by atoms with Crippen molar-refractivity contribution in [2.24, 2.45) is 10.8 Å². The maximum atomic E-state index is 6.28. The zero-order valence-electron chi connectivity index (χ0n) is 10.4. The zero-order chi connectivity index (χ0) is 14.1. The Balaban J connectivity index is 2.14. The number of thiophene rings is 1. The highest BCUT2D eigenvalue weighted by molar-refractivity contribution is 7.20. The van der Waals surface area contributed by atoms with Gasteiger partial charge in [-0.15, -0.1) is 11.3 Å². The molecule has 1 aliphatic heterocycles. The molecule has 0 spiro atoms. The molecule has 2 heterocycles. The number of halogens is 2. The largest absolute Gasteiger partial charge is 0.358 e. The molecule has 4 N–H and O–H groups in total. The molecule has 4 nitrogen and oxygen atoms in total. The summed E-state index contributed by atoms with van der Waals surface area (Å²) in [5, 5.41) is 4.89. The number of benzene rings is 1. The number of rotatable bonds is 2. The van der Waals surface area contributed by atoms with Gasteiger partial charge in [0.05, 0.1) is 16.6 Å². The number of hydrogen-bond acceptors (Lipinski definition) is 5. The fraction of sp³-hybridized carbons (Fsp3) is 0.154.